The van der Waals surface area contributed by atoms with Gasteiger partial charge in [-0.15, -0.1) is 6.58 Å². The van der Waals surface area contributed by atoms with Crippen molar-refractivity contribution in [1.29, 1.82) is 0 Å². The molecule has 0 aliphatic heterocycles. The fraction of sp³-hybridized carbons (Fsp3) is 0.484. The fourth-order valence-electron chi connectivity index (χ4n) is 10.2. The summed E-state index contributed by atoms with van der Waals surface area (Å²) in [6.07, 6.45) is 8.97. The maximum atomic E-state index is 14.9. The molecule has 1 fully saturated rings. The van der Waals surface area contributed by atoms with E-state index in [1.807, 2.05) is 86.6 Å². The molecule has 1 aliphatic rings. The Morgan fingerprint density at radius 2 is 1.26 bits per heavy atom. The first kappa shape index (κ1) is 69.0. The number of nitrogens with zero attached hydrogens (tertiary/aromatic N) is 7. The Hall–Kier alpha value is -7.82. The summed E-state index contributed by atoms with van der Waals surface area (Å²) in [4.78, 5) is 137. The van der Waals surface area contributed by atoms with Crippen LogP contribution < -0.4 is 22.1 Å². The quantitative estimate of drug-likeness (QED) is 0.0234. The van der Waals surface area contributed by atoms with Crippen molar-refractivity contribution in [1.82, 2.24) is 44.9 Å². The number of benzene rings is 3. The number of amides is 9. The van der Waals surface area contributed by atoms with Gasteiger partial charge in [0.15, 0.2) is 0 Å². The van der Waals surface area contributed by atoms with Crippen molar-refractivity contribution < 1.29 is 47.6 Å². The molecule has 4 aromatic rings. The maximum Gasteiger partial charge on any atom is 0.243 e. The molecule has 22 heteroatoms. The molecule has 2 unspecified atom stereocenters. The predicted molar refractivity (Wildman–Crippen MR) is 332 cm³/mol. The number of hydrogen-bond donors (Lipinski definition) is 5. The van der Waals surface area contributed by atoms with Crippen LogP contribution in [0.15, 0.2) is 120 Å². The molecular weight excluding hydrogens is 1110 g/mol. The molecule has 1 heterocycles. The summed E-state index contributed by atoms with van der Waals surface area (Å²) in [6, 6.07) is 27.6. The van der Waals surface area contributed by atoms with Crippen molar-refractivity contribution >= 4 is 65.8 Å². The van der Waals surface area contributed by atoms with Crippen LogP contribution in [0.4, 0.5) is 0 Å². The molecule has 1 aromatic heterocycles. The highest BCUT2D eigenvalue weighted by Crippen LogP contribution is 2.25. The highest BCUT2D eigenvalue weighted by molar-refractivity contribution is 7.80. The Balaban J connectivity index is 1.39. The Kier molecular flexibility index (Phi) is 29.6. The average molecular weight is 1200 g/mol. The second-order valence-corrected chi connectivity index (χ2v) is 22.2. The van der Waals surface area contributed by atoms with E-state index in [1.54, 1.807) is 31.2 Å². The zero-order chi connectivity index (χ0) is 62.4. The smallest absolute Gasteiger partial charge is 0.243 e. The zero-order valence-electron chi connectivity index (χ0n) is 50.3. The molecule has 2 atom stereocenters. The van der Waals surface area contributed by atoms with Crippen LogP contribution in [0.3, 0.4) is 0 Å². The molecule has 5 rings (SSSR count). The number of aryl methyl sites for hydroxylation is 1. The average Bonchev–Trinajstić information content (AvgIpc) is 4.33. The van der Waals surface area contributed by atoms with Crippen molar-refractivity contribution in [3.8, 4) is 0 Å². The largest absolute Gasteiger partial charge is 0.467 e. The minimum atomic E-state index is -1.06. The first-order valence-corrected chi connectivity index (χ1v) is 30.4. The molecule has 0 bridgehead atoms. The van der Waals surface area contributed by atoms with Crippen LogP contribution in [0, 0.1) is 6.92 Å². The van der Waals surface area contributed by atoms with Crippen LogP contribution in [0.5, 0.6) is 0 Å². The molecule has 86 heavy (non-hydrogen) atoms. The van der Waals surface area contributed by atoms with Crippen LogP contribution in [-0.4, -0.2) is 184 Å². The van der Waals surface area contributed by atoms with Gasteiger partial charge in [0, 0.05) is 44.5 Å². The van der Waals surface area contributed by atoms with Crippen LogP contribution >= 0.6 is 12.6 Å². The second-order valence-electron chi connectivity index (χ2n) is 21.8. The Bertz CT molecular complexity index is 2820. The molecular formula is C64H89N11O10S. The number of rotatable bonds is 38. The van der Waals surface area contributed by atoms with Gasteiger partial charge in [0.1, 0.15) is 44.5 Å². The summed E-state index contributed by atoms with van der Waals surface area (Å²) in [5, 5.41) is 5.74. The molecule has 3 aromatic carbocycles. The Labute approximate surface area is 512 Å². The number of furan rings is 1. The third-order valence-electron chi connectivity index (χ3n) is 15.1. The van der Waals surface area contributed by atoms with E-state index in [-0.39, 0.29) is 63.5 Å². The highest BCUT2D eigenvalue weighted by atomic mass is 32.1. The lowest BCUT2D eigenvalue weighted by molar-refractivity contribution is -0.150. The Morgan fingerprint density at radius 3 is 1.88 bits per heavy atom. The van der Waals surface area contributed by atoms with E-state index in [0.29, 0.717) is 56.5 Å². The molecule has 0 saturated heterocycles. The number of carbonyl (C=O) groups excluding carboxylic acids is 9. The monoisotopic (exact) mass is 1200 g/mol. The van der Waals surface area contributed by atoms with Crippen molar-refractivity contribution in [3.63, 3.8) is 0 Å². The van der Waals surface area contributed by atoms with E-state index in [0.717, 1.165) is 42.4 Å². The molecule has 1 aliphatic carbocycles. The summed E-state index contributed by atoms with van der Waals surface area (Å²) in [6.45, 7) is 7.35. The number of carbonyl (C=O) groups is 9. The minimum Gasteiger partial charge on any atom is -0.467 e. The van der Waals surface area contributed by atoms with Crippen LogP contribution in [0.2, 0.25) is 0 Å². The number of hydrogen-bond acceptors (Lipinski definition) is 13. The van der Waals surface area contributed by atoms with Crippen molar-refractivity contribution in [2.45, 2.75) is 116 Å². The molecule has 0 spiro atoms. The van der Waals surface area contributed by atoms with E-state index in [9.17, 15) is 43.2 Å². The van der Waals surface area contributed by atoms with Gasteiger partial charge in [-0.3, -0.25) is 43.2 Å². The normalized spacial score (nSPS) is 12.8. The van der Waals surface area contributed by atoms with Gasteiger partial charge in [-0.1, -0.05) is 129 Å². The SMILES string of the molecule is C=CCN(CC(=O)N(CC(=O)N(CCCCN)CC(=O)N(CCCCC)CC(=O)NC(CS)C(N)=O)C(C)c1ccccc1)C(=O)CN(Cc1ccco1)C(=O)CN(C(=O)CN(Cc1cccc(C)c1)C(=O)CNCc1ccccc1)C1CCCC1. The second kappa shape index (κ2) is 36.9. The van der Waals surface area contributed by atoms with Gasteiger partial charge in [0.25, 0.3) is 0 Å². The maximum absolute atomic E-state index is 14.9. The van der Waals surface area contributed by atoms with Crippen LogP contribution in [-0.2, 0) is 62.8 Å². The van der Waals surface area contributed by atoms with E-state index < -0.39 is 98.6 Å². The highest BCUT2D eigenvalue weighted by Gasteiger charge is 2.35. The van der Waals surface area contributed by atoms with Gasteiger partial charge < -0.3 is 60.8 Å². The molecule has 1 saturated carbocycles. The predicted octanol–water partition coefficient (Wildman–Crippen LogP) is 4.60. The zero-order valence-corrected chi connectivity index (χ0v) is 51.2. The van der Waals surface area contributed by atoms with Gasteiger partial charge in [0.05, 0.1) is 38.5 Å². The first-order chi connectivity index (χ1) is 41.4. The third kappa shape index (κ3) is 22.9. The molecule has 6 N–H and O–H groups in total. The summed E-state index contributed by atoms with van der Waals surface area (Å²) in [5.74, 6) is -4.72. The summed E-state index contributed by atoms with van der Waals surface area (Å²) in [7, 11) is 0. The van der Waals surface area contributed by atoms with E-state index in [4.69, 9.17) is 15.9 Å². The summed E-state index contributed by atoms with van der Waals surface area (Å²) < 4.78 is 5.69. The van der Waals surface area contributed by atoms with Crippen molar-refractivity contribution in [2.24, 2.45) is 11.5 Å². The fourth-order valence-corrected chi connectivity index (χ4v) is 10.5. The lowest BCUT2D eigenvalue weighted by atomic mass is 10.1. The van der Waals surface area contributed by atoms with Crippen LogP contribution in [0.1, 0.15) is 106 Å². The summed E-state index contributed by atoms with van der Waals surface area (Å²) >= 11 is 4.12. The van der Waals surface area contributed by atoms with E-state index >= 15 is 0 Å². The number of nitrogens with two attached hydrogens (primary N) is 2. The van der Waals surface area contributed by atoms with Gasteiger partial charge >= 0.3 is 0 Å². The first-order valence-electron chi connectivity index (χ1n) is 29.8. The molecule has 466 valence electrons. The van der Waals surface area contributed by atoms with Gasteiger partial charge in [-0.25, -0.2) is 0 Å². The van der Waals surface area contributed by atoms with Gasteiger partial charge in [-0.05, 0) is 81.3 Å². The van der Waals surface area contributed by atoms with Crippen molar-refractivity contribution in [3.05, 3.63) is 144 Å². The summed E-state index contributed by atoms with van der Waals surface area (Å²) in [5.41, 5.74) is 14.8. The van der Waals surface area contributed by atoms with E-state index in [2.05, 4.69) is 29.8 Å². The number of primary amides is 1. The third-order valence-corrected chi connectivity index (χ3v) is 15.5. The standard InChI is InChI=1S/C64H89N11O10S/c1-5-7-17-32-70(40-56(76)68-55(47-86)64(66)84)58(78)41-71(33-18-16-30-65)60(80)45-74(49(4)52-25-12-9-13-26-52)62(82)43-69(31-6-2)59(79)42-73(39-54-29-20-34-85-54)61(81)46-75(53-27-14-15-28-53)63(83)44-72(38-51-24-19-21-48(3)35-51)57(77)37-67-36-50-22-10-8-11-23-50/h6,8-13,19-26,29,34-35,49,53,55,67,86H,2,5,7,14-18,27-28,30-33,36-47,65H2,1,3-4H3,(H2,66,84)(H,68,76). The number of thiol groups is 1. The lowest BCUT2D eigenvalue weighted by Crippen LogP contribution is -2.53. The number of unbranched alkanes of at least 4 members (excludes halogenated alkanes) is 3. The minimum absolute atomic E-state index is 0.0337. The van der Waals surface area contributed by atoms with Gasteiger partial charge in [0.2, 0.25) is 53.2 Å². The molecule has 0 radical (unpaired) electrons. The topological polar surface area (TPSA) is 266 Å². The lowest BCUT2D eigenvalue weighted by Gasteiger charge is -2.35. The van der Waals surface area contributed by atoms with Gasteiger partial charge in [-0.2, -0.15) is 12.6 Å². The number of nitrogens with one attached hydrogen (secondary N) is 2. The van der Waals surface area contributed by atoms with E-state index in [1.165, 1.54) is 46.6 Å². The molecule has 9 amide bonds. The van der Waals surface area contributed by atoms with Crippen LogP contribution in [0.25, 0.3) is 0 Å². The Morgan fingerprint density at radius 1 is 0.663 bits per heavy atom. The molecule has 21 nitrogen and oxygen atoms in total. The van der Waals surface area contributed by atoms with Crippen molar-refractivity contribution in [2.75, 3.05) is 84.3 Å².